The third-order valence-electron chi connectivity index (χ3n) is 5.47. The minimum atomic E-state index is -1.20. The van der Waals surface area contributed by atoms with Gasteiger partial charge in [-0.3, -0.25) is 9.59 Å². The zero-order valence-electron chi connectivity index (χ0n) is 19.7. The molecule has 12 heteroatoms. The fourth-order valence-electron chi connectivity index (χ4n) is 2.87. The van der Waals surface area contributed by atoms with Crippen LogP contribution in [0.5, 0.6) is 0 Å². The Morgan fingerprint density at radius 2 is 1.52 bits per heavy atom. The fraction of sp³-hybridized carbons (Fsp3) is 0.857. The van der Waals surface area contributed by atoms with Crippen molar-refractivity contribution in [1.82, 2.24) is 15.5 Å². The van der Waals surface area contributed by atoms with Gasteiger partial charge >= 0.3 is 18.0 Å². The predicted molar refractivity (Wildman–Crippen MR) is 117 cm³/mol. The van der Waals surface area contributed by atoms with Gasteiger partial charge in [-0.25, -0.2) is 4.79 Å². The maximum absolute atomic E-state index is 11.7. The molecule has 0 aliphatic heterocycles. The van der Waals surface area contributed by atoms with Crippen LogP contribution in [0.1, 0.15) is 33.1 Å². The molecule has 1 saturated carbocycles. The molecule has 0 aromatic rings. The summed E-state index contributed by atoms with van der Waals surface area (Å²) in [6, 6.07) is 0. The van der Waals surface area contributed by atoms with E-state index in [9.17, 15) is 19.5 Å². The smallest absolute Gasteiger partial charge is 0.407 e. The molecule has 5 N–H and O–H groups in total. The Morgan fingerprint density at radius 3 is 2.06 bits per heavy atom. The van der Waals surface area contributed by atoms with E-state index < -0.39 is 43.5 Å². The van der Waals surface area contributed by atoms with Crippen LogP contribution in [0.4, 0.5) is 4.79 Å². The molecule has 192 valence electrons. The van der Waals surface area contributed by atoms with Crippen molar-refractivity contribution in [1.29, 1.82) is 0 Å². The summed E-state index contributed by atoms with van der Waals surface area (Å²) in [7, 11) is 1.96. The van der Waals surface area contributed by atoms with Crippen LogP contribution in [-0.4, -0.2) is 116 Å². The topological polar surface area (TPSA) is 167 Å². The summed E-state index contributed by atoms with van der Waals surface area (Å²) < 4.78 is 14.3. The highest BCUT2D eigenvalue weighted by Crippen LogP contribution is 2.41. The fourth-order valence-corrected chi connectivity index (χ4v) is 2.87. The van der Waals surface area contributed by atoms with Crippen LogP contribution in [0, 0.1) is 5.92 Å². The van der Waals surface area contributed by atoms with Crippen LogP contribution in [0.15, 0.2) is 0 Å². The Labute approximate surface area is 194 Å². The van der Waals surface area contributed by atoms with E-state index in [4.69, 9.17) is 19.7 Å². The first kappa shape index (κ1) is 29.0. The van der Waals surface area contributed by atoms with Crippen molar-refractivity contribution in [2.45, 2.75) is 50.9 Å². The standard InChI is InChI=1S/C21H39N3O9/c1-15-10-21(15,2)23-7-9-24(3)8-6-22-20(30)33-14-17(27)13-32-19(29)5-4-18(28)31-12-16(26)11-25/h15-17,23,25-27H,4-14H2,1-3H3,(H,22,30). The van der Waals surface area contributed by atoms with E-state index in [-0.39, 0.29) is 31.6 Å². The van der Waals surface area contributed by atoms with Crippen LogP contribution >= 0.6 is 0 Å². The van der Waals surface area contributed by atoms with Crippen molar-refractivity contribution in [3.05, 3.63) is 0 Å². The second kappa shape index (κ2) is 15.0. The van der Waals surface area contributed by atoms with Gasteiger partial charge in [0.15, 0.2) is 0 Å². The van der Waals surface area contributed by atoms with Gasteiger partial charge in [0.2, 0.25) is 0 Å². The highest BCUT2D eigenvalue weighted by atomic mass is 16.6. The number of carbonyl (C=O) groups excluding carboxylic acids is 3. The lowest BCUT2D eigenvalue weighted by Gasteiger charge is -2.19. The molecule has 0 aromatic carbocycles. The Bertz CT molecular complexity index is 622. The van der Waals surface area contributed by atoms with Gasteiger partial charge in [0.25, 0.3) is 0 Å². The van der Waals surface area contributed by atoms with E-state index in [1.807, 2.05) is 7.05 Å². The van der Waals surface area contributed by atoms with Crippen molar-refractivity contribution in [2.75, 3.05) is 59.7 Å². The Hall–Kier alpha value is -1.99. The zero-order valence-corrected chi connectivity index (χ0v) is 19.7. The number of nitrogens with zero attached hydrogens (tertiary/aromatic N) is 1. The number of nitrogens with one attached hydrogen (secondary N) is 2. The number of aliphatic hydroxyl groups is 3. The maximum Gasteiger partial charge on any atom is 0.407 e. The van der Waals surface area contributed by atoms with E-state index in [1.54, 1.807) is 0 Å². The molecule has 1 rings (SSSR count). The lowest BCUT2D eigenvalue weighted by molar-refractivity contribution is -0.154. The lowest BCUT2D eigenvalue weighted by Crippen LogP contribution is -2.39. The van der Waals surface area contributed by atoms with Gasteiger partial charge in [0.05, 0.1) is 19.4 Å². The summed E-state index contributed by atoms with van der Waals surface area (Å²) in [6.07, 6.45) is -2.40. The number of hydrogen-bond acceptors (Lipinski definition) is 11. The second-order valence-corrected chi connectivity index (χ2v) is 8.63. The summed E-state index contributed by atoms with van der Waals surface area (Å²) in [4.78, 5) is 36.7. The van der Waals surface area contributed by atoms with Crippen molar-refractivity contribution in [2.24, 2.45) is 5.92 Å². The van der Waals surface area contributed by atoms with E-state index in [0.29, 0.717) is 19.0 Å². The Morgan fingerprint density at radius 1 is 1.00 bits per heavy atom. The average molecular weight is 478 g/mol. The molecule has 4 atom stereocenters. The third-order valence-corrected chi connectivity index (χ3v) is 5.47. The summed E-state index contributed by atoms with van der Waals surface area (Å²) in [5.41, 5.74) is 0.259. The summed E-state index contributed by atoms with van der Waals surface area (Å²) in [5.74, 6) is -0.755. The van der Waals surface area contributed by atoms with E-state index in [2.05, 4.69) is 34.1 Å². The molecular formula is C21H39N3O9. The minimum Gasteiger partial charge on any atom is -0.463 e. The highest BCUT2D eigenvalue weighted by molar-refractivity contribution is 5.77. The SMILES string of the molecule is CC1CC1(C)NCCN(C)CCNC(=O)OCC(O)COC(=O)CCC(=O)OCC(O)CO. The molecular weight excluding hydrogens is 438 g/mol. The van der Waals surface area contributed by atoms with Crippen LogP contribution in [0.3, 0.4) is 0 Å². The number of aliphatic hydroxyl groups excluding tert-OH is 3. The summed E-state index contributed by atoms with van der Waals surface area (Å²) in [5, 5.41) is 33.6. The minimum absolute atomic E-state index is 0.259. The van der Waals surface area contributed by atoms with Gasteiger partial charge < -0.3 is 45.1 Å². The summed E-state index contributed by atoms with van der Waals surface area (Å²) >= 11 is 0. The molecule has 4 unspecified atom stereocenters. The maximum atomic E-state index is 11.7. The highest BCUT2D eigenvalue weighted by Gasteiger charge is 2.45. The average Bonchev–Trinajstić information content (AvgIpc) is 3.38. The van der Waals surface area contributed by atoms with Gasteiger partial charge in [0.1, 0.15) is 32.0 Å². The molecule has 1 aliphatic carbocycles. The van der Waals surface area contributed by atoms with Crippen LogP contribution < -0.4 is 10.6 Å². The molecule has 33 heavy (non-hydrogen) atoms. The van der Waals surface area contributed by atoms with Gasteiger partial charge in [-0.1, -0.05) is 6.92 Å². The van der Waals surface area contributed by atoms with Gasteiger partial charge in [-0.2, -0.15) is 0 Å². The van der Waals surface area contributed by atoms with Crippen molar-refractivity contribution in [3.8, 4) is 0 Å². The number of rotatable bonds is 17. The number of carbonyl (C=O) groups is 3. The van der Waals surface area contributed by atoms with Gasteiger partial charge in [-0.05, 0) is 26.3 Å². The lowest BCUT2D eigenvalue weighted by atomic mass is 10.2. The van der Waals surface area contributed by atoms with Gasteiger partial charge in [0, 0.05) is 31.7 Å². The normalized spacial score (nSPS) is 21.2. The molecule has 1 amide bonds. The number of likely N-dealkylation sites (N-methyl/N-ethyl adjacent to an activating group) is 1. The molecule has 0 bridgehead atoms. The number of amides is 1. The van der Waals surface area contributed by atoms with Crippen LogP contribution in [0.2, 0.25) is 0 Å². The largest absolute Gasteiger partial charge is 0.463 e. The number of alkyl carbamates (subject to hydrolysis) is 1. The number of hydrogen-bond donors (Lipinski definition) is 5. The molecule has 1 aliphatic rings. The molecule has 0 spiro atoms. The first-order chi connectivity index (χ1) is 15.6. The second-order valence-electron chi connectivity index (χ2n) is 8.63. The molecule has 0 heterocycles. The van der Waals surface area contributed by atoms with Gasteiger partial charge in [-0.15, -0.1) is 0 Å². The first-order valence-electron chi connectivity index (χ1n) is 11.2. The van der Waals surface area contributed by atoms with Crippen molar-refractivity contribution < 1.29 is 43.9 Å². The zero-order chi connectivity index (χ0) is 24.9. The Kier molecular flexibility index (Phi) is 13.2. The van der Waals surface area contributed by atoms with Crippen LogP contribution in [0.25, 0.3) is 0 Å². The molecule has 0 aromatic heterocycles. The number of esters is 2. The molecule has 12 nitrogen and oxygen atoms in total. The Balaban J connectivity index is 2.01. The van der Waals surface area contributed by atoms with Crippen molar-refractivity contribution >= 4 is 18.0 Å². The monoisotopic (exact) mass is 477 g/mol. The van der Waals surface area contributed by atoms with E-state index >= 15 is 0 Å². The predicted octanol–water partition coefficient (Wildman–Crippen LogP) is -1.39. The first-order valence-corrected chi connectivity index (χ1v) is 11.2. The quantitative estimate of drug-likeness (QED) is 0.124. The summed E-state index contributed by atoms with van der Waals surface area (Å²) in [6.45, 7) is 5.55. The number of ether oxygens (including phenoxy) is 3. The molecule has 1 fully saturated rings. The van der Waals surface area contributed by atoms with E-state index in [0.717, 1.165) is 13.1 Å². The van der Waals surface area contributed by atoms with Crippen molar-refractivity contribution in [3.63, 3.8) is 0 Å². The molecule has 0 radical (unpaired) electrons. The van der Waals surface area contributed by atoms with Crippen LogP contribution in [-0.2, 0) is 23.8 Å². The van der Waals surface area contributed by atoms with E-state index in [1.165, 1.54) is 6.42 Å². The third kappa shape index (κ3) is 13.3. The molecule has 0 saturated heterocycles.